The van der Waals surface area contributed by atoms with Gasteiger partial charge in [0.2, 0.25) is 0 Å². The van der Waals surface area contributed by atoms with Gasteiger partial charge in [0.1, 0.15) is 11.4 Å². The SMILES string of the molecule is O=Nc1ccc(-c2cn3c(=O)c(Cc4ccc5ccccc5c4)nc-3c(Cc3ccccc3)[nH]2)cc1. The molecule has 36 heavy (non-hydrogen) atoms. The lowest BCUT2D eigenvalue weighted by Crippen LogP contribution is -2.17. The fourth-order valence-electron chi connectivity index (χ4n) is 4.61. The number of imidazole rings is 1. The lowest BCUT2D eigenvalue weighted by Gasteiger charge is -2.13. The number of hydrogen-bond acceptors (Lipinski definition) is 4. The highest BCUT2D eigenvalue weighted by Gasteiger charge is 2.20. The molecule has 0 aliphatic carbocycles. The molecular weight excluding hydrogens is 448 g/mol. The van der Waals surface area contributed by atoms with Gasteiger partial charge in [-0.2, -0.15) is 0 Å². The Morgan fingerprint density at radius 3 is 2.31 bits per heavy atom. The number of nitrogens with zero attached hydrogens (tertiary/aromatic N) is 3. The molecule has 1 N–H and O–H groups in total. The van der Waals surface area contributed by atoms with Gasteiger partial charge in [0.25, 0.3) is 5.56 Å². The molecule has 6 heteroatoms. The van der Waals surface area contributed by atoms with E-state index in [1.54, 1.807) is 22.9 Å². The number of rotatable bonds is 6. The van der Waals surface area contributed by atoms with Crippen LogP contribution >= 0.6 is 0 Å². The molecule has 0 fully saturated rings. The highest BCUT2D eigenvalue weighted by atomic mass is 16.3. The quantitative estimate of drug-likeness (QED) is 0.286. The second-order valence-electron chi connectivity index (χ2n) is 8.86. The molecule has 4 aromatic rings. The zero-order valence-electron chi connectivity index (χ0n) is 19.4. The van der Waals surface area contributed by atoms with Crippen molar-refractivity contribution in [3.05, 3.63) is 141 Å². The molecule has 0 radical (unpaired) electrons. The summed E-state index contributed by atoms with van der Waals surface area (Å²) in [5, 5.41) is 5.28. The maximum absolute atomic E-state index is 13.5. The number of nitrogens with one attached hydrogen (secondary N) is 1. The van der Waals surface area contributed by atoms with Crippen LogP contribution in [0.3, 0.4) is 0 Å². The fourth-order valence-corrected chi connectivity index (χ4v) is 4.61. The molecule has 6 rings (SSSR count). The molecule has 2 aliphatic heterocycles. The molecule has 0 bridgehead atoms. The van der Waals surface area contributed by atoms with Gasteiger partial charge in [-0.3, -0.25) is 9.36 Å². The Kier molecular flexibility index (Phi) is 5.46. The Balaban J connectivity index is 1.46. The van der Waals surface area contributed by atoms with Crippen LogP contribution in [0.4, 0.5) is 5.69 Å². The maximum Gasteiger partial charge on any atom is 0.278 e. The Bertz CT molecular complexity index is 1720. The smallest absolute Gasteiger partial charge is 0.278 e. The molecule has 0 saturated heterocycles. The van der Waals surface area contributed by atoms with Crippen LogP contribution < -0.4 is 5.56 Å². The van der Waals surface area contributed by atoms with Gasteiger partial charge in [-0.25, -0.2) is 4.98 Å². The van der Waals surface area contributed by atoms with E-state index in [2.05, 4.69) is 52.6 Å². The third-order valence-electron chi connectivity index (χ3n) is 6.44. The van der Waals surface area contributed by atoms with Crippen LogP contribution in [0.1, 0.15) is 22.5 Å². The molecule has 0 saturated carbocycles. The van der Waals surface area contributed by atoms with Gasteiger partial charge in [-0.15, -0.1) is 4.91 Å². The minimum atomic E-state index is -0.131. The molecule has 2 heterocycles. The molecule has 0 aromatic heterocycles. The van der Waals surface area contributed by atoms with E-state index in [1.807, 2.05) is 42.5 Å². The number of hydrogen-bond donors (Lipinski definition) is 1. The van der Waals surface area contributed by atoms with Gasteiger partial charge in [0.05, 0.1) is 11.4 Å². The minimum Gasteiger partial charge on any atom is -0.354 e. The van der Waals surface area contributed by atoms with E-state index in [9.17, 15) is 9.70 Å². The van der Waals surface area contributed by atoms with Gasteiger partial charge in [0.15, 0.2) is 5.82 Å². The van der Waals surface area contributed by atoms with Crippen LogP contribution in [-0.4, -0.2) is 14.5 Å². The summed E-state index contributed by atoms with van der Waals surface area (Å²) in [4.78, 5) is 32.7. The highest BCUT2D eigenvalue weighted by molar-refractivity contribution is 5.83. The van der Waals surface area contributed by atoms with Gasteiger partial charge < -0.3 is 4.98 Å². The molecular formula is C30H22N4O2. The molecule has 2 aliphatic rings. The van der Waals surface area contributed by atoms with Crippen LogP contribution in [-0.2, 0) is 12.8 Å². The van der Waals surface area contributed by atoms with Crippen molar-refractivity contribution in [3.63, 3.8) is 0 Å². The topological polar surface area (TPSA) is 80.1 Å². The highest BCUT2D eigenvalue weighted by Crippen LogP contribution is 2.26. The second-order valence-corrected chi connectivity index (χ2v) is 8.86. The first-order chi connectivity index (χ1) is 17.7. The standard InChI is InChI=1S/C30H22N4O2/c35-30-27(18-21-10-11-22-8-4-5-9-24(22)16-21)32-29-26(17-20-6-2-1-3-7-20)31-28(19-34(29)30)23-12-14-25(33-36)15-13-23/h1-16,19,31H,17-18H2. The molecule has 0 atom stereocenters. The average molecular weight is 471 g/mol. The van der Waals surface area contributed by atoms with Crippen molar-refractivity contribution in [3.8, 4) is 17.1 Å². The number of nitroso groups, excluding NO2 is 1. The summed E-state index contributed by atoms with van der Waals surface area (Å²) >= 11 is 0. The first-order valence-corrected chi connectivity index (χ1v) is 11.8. The molecule has 0 spiro atoms. The molecule has 0 amide bonds. The lowest BCUT2D eigenvalue weighted by atomic mass is 10.0. The Labute approximate surface area is 207 Å². The zero-order valence-corrected chi connectivity index (χ0v) is 19.4. The van der Waals surface area contributed by atoms with Crippen molar-refractivity contribution in [2.24, 2.45) is 5.18 Å². The van der Waals surface area contributed by atoms with E-state index in [4.69, 9.17) is 4.98 Å². The minimum absolute atomic E-state index is 0.131. The Morgan fingerprint density at radius 2 is 1.53 bits per heavy atom. The summed E-state index contributed by atoms with van der Waals surface area (Å²) in [7, 11) is 0. The summed E-state index contributed by atoms with van der Waals surface area (Å²) in [5.74, 6) is 0.620. The van der Waals surface area contributed by atoms with Crippen LogP contribution in [0.15, 0.2) is 113 Å². The van der Waals surface area contributed by atoms with Crippen LogP contribution in [0.2, 0.25) is 0 Å². The van der Waals surface area contributed by atoms with E-state index < -0.39 is 0 Å². The monoisotopic (exact) mass is 470 g/mol. The number of aromatic nitrogens is 3. The summed E-state index contributed by atoms with van der Waals surface area (Å²) in [6.45, 7) is 0. The van der Waals surface area contributed by atoms with Gasteiger partial charge >= 0.3 is 0 Å². The van der Waals surface area contributed by atoms with Crippen molar-refractivity contribution in [2.75, 3.05) is 0 Å². The normalized spacial score (nSPS) is 11.2. The van der Waals surface area contributed by atoms with Crippen molar-refractivity contribution in [1.82, 2.24) is 14.5 Å². The number of benzene rings is 4. The van der Waals surface area contributed by atoms with E-state index in [1.165, 1.54) is 5.39 Å². The number of aromatic amines is 1. The molecule has 0 unspecified atom stereocenters. The molecule has 174 valence electrons. The second kappa shape index (κ2) is 9.07. The Hall–Kier alpha value is -4.84. The fraction of sp³-hybridized carbons (Fsp3) is 0.0667. The molecule has 6 nitrogen and oxygen atoms in total. The van der Waals surface area contributed by atoms with E-state index >= 15 is 0 Å². The lowest BCUT2D eigenvalue weighted by molar-refractivity contribution is 0.914. The van der Waals surface area contributed by atoms with Gasteiger partial charge in [-0.05, 0) is 44.8 Å². The van der Waals surface area contributed by atoms with Crippen LogP contribution in [0.25, 0.3) is 27.8 Å². The average Bonchev–Trinajstić information content (AvgIpc) is 3.24. The number of H-pyrrole nitrogens is 1. The first kappa shape index (κ1) is 21.7. The summed E-state index contributed by atoms with van der Waals surface area (Å²) in [6, 6.07) is 31.5. The van der Waals surface area contributed by atoms with Crippen LogP contribution in [0.5, 0.6) is 0 Å². The summed E-state index contributed by atoms with van der Waals surface area (Å²) < 4.78 is 1.63. The summed E-state index contributed by atoms with van der Waals surface area (Å²) in [5.41, 5.74) is 5.34. The van der Waals surface area contributed by atoms with E-state index in [0.29, 0.717) is 30.0 Å². The number of fused-ring (bicyclic) bond motifs is 2. The zero-order chi connectivity index (χ0) is 24.5. The predicted molar refractivity (Wildman–Crippen MR) is 142 cm³/mol. The van der Waals surface area contributed by atoms with Crippen molar-refractivity contribution in [1.29, 1.82) is 0 Å². The predicted octanol–water partition coefficient (Wildman–Crippen LogP) is 6.40. The summed E-state index contributed by atoms with van der Waals surface area (Å²) in [6.07, 6.45) is 2.83. The van der Waals surface area contributed by atoms with Gasteiger partial charge in [0, 0.05) is 19.0 Å². The molecule has 4 aromatic carbocycles. The van der Waals surface area contributed by atoms with Crippen molar-refractivity contribution in [2.45, 2.75) is 12.8 Å². The third-order valence-corrected chi connectivity index (χ3v) is 6.44. The van der Waals surface area contributed by atoms with Crippen LogP contribution in [0, 0.1) is 4.91 Å². The van der Waals surface area contributed by atoms with Gasteiger partial charge in [-0.1, -0.05) is 84.9 Å². The van der Waals surface area contributed by atoms with E-state index in [0.717, 1.165) is 33.5 Å². The third kappa shape index (κ3) is 4.09. The van der Waals surface area contributed by atoms with Crippen molar-refractivity contribution < 1.29 is 0 Å². The largest absolute Gasteiger partial charge is 0.354 e. The van der Waals surface area contributed by atoms with E-state index in [-0.39, 0.29) is 5.56 Å². The first-order valence-electron chi connectivity index (χ1n) is 11.8. The Morgan fingerprint density at radius 1 is 0.778 bits per heavy atom. The van der Waals surface area contributed by atoms with Crippen molar-refractivity contribution >= 4 is 16.5 Å². The maximum atomic E-state index is 13.5.